The van der Waals surface area contributed by atoms with Gasteiger partial charge < -0.3 is 20.8 Å². The van der Waals surface area contributed by atoms with Crippen molar-refractivity contribution >= 4 is 11.9 Å². The van der Waals surface area contributed by atoms with Gasteiger partial charge >= 0.3 is 0 Å². The molecule has 1 aromatic carbocycles. The molecule has 132 valence electrons. The molecule has 1 aliphatic carbocycles. The standard InChI is InChI=1S/C16H22N2O2.C2H4O2/c17-16-13-5-6-14(16)9-18(8-13)15(20)7-11-1-3-12(10-19)4-2-11;1-2(3)4/h1-4,13-14,16,19H,5-10,17H2;1H3,(H,3,4)/t13-,14+,16?;. The van der Waals surface area contributed by atoms with E-state index < -0.39 is 5.97 Å². The number of hydrogen-bond donors (Lipinski definition) is 3. The van der Waals surface area contributed by atoms with E-state index in [0.29, 0.717) is 24.3 Å². The average molecular weight is 334 g/mol. The number of nitrogens with two attached hydrogens (primary N) is 1. The SMILES string of the molecule is CC(=O)O.NC1[C@@H]2CC[C@H]1CN(C(=O)Cc1ccc(CO)cc1)C2. The van der Waals surface area contributed by atoms with Crippen LogP contribution in [0.15, 0.2) is 24.3 Å². The summed E-state index contributed by atoms with van der Waals surface area (Å²) >= 11 is 0. The molecule has 1 aliphatic heterocycles. The Balaban J connectivity index is 0.000000471. The van der Waals surface area contributed by atoms with Crippen LogP contribution < -0.4 is 5.73 Å². The molecule has 1 amide bonds. The quantitative estimate of drug-likeness (QED) is 0.765. The van der Waals surface area contributed by atoms with Gasteiger partial charge in [-0.3, -0.25) is 9.59 Å². The van der Waals surface area contributed by atoms with E-state index in [4.69, 9.17) is 20.7 Å². The zero-order valence-corrected chi connectivity index (χ0v) is 14.0. The number of carboxylic acids is 1. The van der Waals surface area contributed by atoms with Crippen molar-refractivity contribution in [3.05, 3.63) is 35.4 Å². The van der Waals surface area contributed by atoms with Crippen molar-refractivity contribution in [2.24, 2.45) is 17.6 Å². The third-order valence-corrected chi connectivity index (χ3v) is 4.82. The fraction of sp³-hybridized carbons (Fsp3) is 0.556. The summed E-state index contributed by atoms with van der Waals surface area (Å²) in [4.78, 5) is 23.4. The van der Waals surface area contributed by atoms with Crippen LogP contribution in [0.2, 0.25) is 0 Å². The summed E-state index contributed by atoms with van der Waals surface area (Å²) in [7, 11) is 0. The number of carbonyl (C=O) groups excluding carboxylic acids is 1. The molecule has 3 rings (SSSR count). The Morgan fingerprint density at radius 1 is 1.12 bits per heavy atom. The predicted octanol–water partition coefficient (Wildman–Crippen LogP) is 1.01. The minimum absolute atomic E-state index is 0.0433. The van der Waals surface area contributed by atoms with E-state index in [1.165, 1.54) is 12.8 Å². The van der Waals surface area contributed by atoms with Crippen LogP contribution in [0.25, 0.3) is 0 Å². The highest BCUT2D eigenvalue weighted by atomic mass is 16.4. The van der Waals surface area contributed by atoms with Gasteiger partial charge in [0, 0.05) is 26.1 Å². The van der Waals surface area contributed by atoms with E-state index in [1.807, 2.05) is 29.2 Å². The van der Waals surface area contributed by atoms with Crippen molar-refractivity contribution in [3.63, 3.8) is 0 Å². The second-order valence-electron chi connectivity index (χ2n) is 6.64. The number of aliphatic hydroxyl groups excluding tert-OH is 1. The number of benzene rings is 1. The van der Waals surface area contributed by atoms with Gasteiger partial charge in [0.25, 0.3) is 5.97 Å². The number of carboxylic acid groups (broad SMARTS) is 1. The molecule has 24 heavy (non-hydrogen) atoms. The number of amides is 1. The second kappa shape index (κ2) is 8.26. The number of carbonyl (C=O) groups is 2. The number of rotatable bonds is 3. The maximum atomic E-state index is 12.4. The lowest BCUT2D eigenvalue weighted by Crippen LogP contribution is -2.51. The maximum absolute atomic E-state index is 12.4. The van der Waals surface area contributed by atoms with Gasteiger partial charge in [-0.05, 0) is 35.8 Å². The van der Waals surface area contributed by atoms with Gasteiger partial charge in [0.2, 0.25) is 5.91 Å². The smallest absolute Gasteiger partial charge is 0.300 e. The Bertz CT molecular complexity index is 555. The molecule has 0 radical (unpaired) electrons. The molecule has 2 aliphatic rings. The molecular weight excluding hydrogens is 308 g/mol. The first-order valence-corrected chi connectivity index (χ1v) is 8.32. The molecule has 1 unspecified atom stereocenters. The normalized spacial score (nSPS) is 25.0. The lowest BCUT2D eigenvalue weighted by atomic mass is 9.92. The summed E-state index contributed by atoms with van der Waals surface area (Å²) in [6.45, 7) is 2.78. The third kappa shape index (κ3) is 4.79. The number of aliphatic hydroxyl groups is 1. The van der Waals surface area contributed by atoms with E-state index in [9.17, 15) is 4.79 Å². The third-order valence-electron chi connectivity index (χ3n) is 4.82. The Labute approximate surface area is 142 Å². The Morgan fingerprint density at radius 2 is 1.58 bits per heavy atom. The van der Waals surface area contributed by atoms with Crippen LogP contribution >= 0.6 is 0 Å². The zero-order valence-electron chi connectivity index (χ0n) is 14.0. The summed E-state index contributed by atoms with van der Waals surface area (Å²) in [6, 6.07) is 7.89. The predicted molar refractivity (Wildman–Crippen MR) is 90.1 cm³/mol. The lowest BCUT2D eigenvalue weighted by molar-refractivity contribution is -0.134. The molecule has 1 heterocycles. The highest BCUT2D eigenvalue weighted by Gasteiger charge is 2.40. The Kier molecular flexibility index (Phi) is 6.34. The topological polar surface area (TPSA) is 104 Å². The molecule has 0 aromatic heterocycles. The van der Waals surface area contributed by atoms with Gasteiger partial charge in [0.15, 0.2) is 0 Å². The van der Waals surface area contributed by atoms with Crippen molar-refractivity contribution in [1.29, 1.82) is 0 Å². The van der Waals surface area contributed by atoms with Gasteiger partial charge in [0.1, 0.15) is 0 Å². The minimum atomic E-state index is -0.833. The van der Waals surface area contributed by atoms with Crippen LogP contribution in [0.1, 0.15) is 30.9 Å². The van der Waals surface area contributed by atoms with Gasteiger partial charge in [-0.15, -0.1) is 0 Å². The largest absolute Gasteiger partial charge is 0.481 e. The first kappa shape index (κ1) is 18.4. The second-order valence-corrected chi connectivity index (χ2v) is 6.64. The summed E-state index contributed by atoms with van der Waals surface area (Å²) in [5.41, 5.74) is 8.06. The number of nitrogens with zero attached hydrogens (tertiary/aromatic N) is 1. The molecule has 4 N–H and O–H groups in total. The Morgan fingerprint density at radius 3 is 2.04 bits per heavy atom. The van der Waals surface area contributed by atoms with E-state index >= 15 is 0 Å². The molecule has 0 spiro atoms. The van der Waals surface area contributed by atoms with Gasteiger partial charge in [-0.2, -0.15) is 0 Å². The number of hydrogen-bond acceptors (Lipinski definition) is 4. The van der Waals surface area contributed by atoms with E-state index in [2.05, 4.69) is 0 Å². The van der Waals surface area contributed by atoms with Crippen LogP contribution in [-0.2, 0) is 22.6 Å². The van der Waals surface area contributed by atoms with Gasteiger partial charge in [0.05, 0.1) is 13.0 Å². The molecule has 2 fully saturated rings. The van der Waals surface area contributed by atoms with Crippen LogP contribution in [-0.4, -0.2) is 46.1 Å². The van der Waals surface area contributed by atoms with Crippen molar-refractivity contribution in [2.75, 3.05) is 13.1 Å². The first-order chi connectivity index (χ1) is 11.4. The fourth-order valence-corrected chi connectivity index (χ4v) is 3.52. The van der Waals surface area contributed by atoms with Crippen molar-refractivity contribution in [1.82, 2.24) is 4.90 Å². The molecule has 3 atom stereocenters. The monoisotopic (exact) mass is 334 g/mol. The number of piperidine rings is 1. The van der Waals surface area contributed by atoms with Gasteiger partial charge in [-0.25, -0.2) is 0 Å². The molecule has 2 bridgehead atoms. The van der Waals surface area contributed by atoms with Crippen LogP contribution in [0.5, 0.6) is 0 Å². The van der Waals surface area contributed by atoms with Crippen LogP contribution in [0.4, 0.5) is 0 Å². The average Bonchev–Trinajstić information content (AvgIpc) is 2.76. The first-order valence-electron chi connectivity index (χ1n) is 8.32. The molecule has 1 aromatic rings. The summed E-state index contributed by atoms with van der Waals surface area (Å²) in [6.07, 6.45) is 2.78. The summed E-state index contributed by atoms with van der Waals surface area (Å²) < 4.78 is 0. The zero-order chi connectivity index (χ0) is 17.7. The number of fused-ring (bicyclic) bond motifs is 2. The van der Waals surface area contributed by atoms with Crippen molar-refractivity contribution < 1.29 is 19.8 Å². The molecule has 1 saturated carbocycles. The Hall–Kier alpha value is -1.92. The maximum Gasteiger partial charge on any atom is 0.300 e. The number of likely N-dealkylation sites (tertiary alicyclic amines) is 1. The van der Waals surface area contributed by atoms with E-state index in [1.54, 1.807) is 0 Å². The molecular formula is C18H26N2O4. The van der Waals surface area contributed by atoms with E-state index in [0.717, 1.165) is 31.1 Å². The summed E-state index contributed by atoms with van der Waals surface area (Å²) in [5.74, 6) is 0.356. The van der Waals surface area contributed by atoms with Crippen molar-refractivity contribution in [3.8, 4) is 0 Å². The highest BCUT2D eigenvalue weighted by molar-refractivity contribution is 5.79. The van der Waals surface area contributed by atoms with Crippen molar-refractivity contribution in [2.45, 2.75) is 38.8 Å². The molecule has 6 heteroatoms. The molecule has 6 nitrogen and oxygen atoms in total. The fourth-order valence-electron chi connectivity index (χ4n) is 3.52. The summed E-state index contributed by atoms with van der Waals surface area (Å²) in [5, 5.41) is 16.4. The van der Waals surface area contributed by atoms with E-state index in [-0.39, 0.29) is 12.5 Å². The highest BCUT2D eigenvalue weighted by Crippen LogP contribution is 2.35. The molecule has 1 saturated heterocycles. The number of aliphatic carboxylic acids is 1. The minimum Gasteiger partial charge on any atom is -0.481 e. The van der Waals surface area contributed by atoms with Crippen LogP contribution in [0.3, 0.4) is 0 Å². The lowest BCUT2D eigenvalue weighted by Gasteiger charge is -2.36. The van der Waals surface area contributed by atoms with Crippen LogP contribution in [0, 0.1) is 11.8 Å². The van der Waals surface area contributed by atoms with Gasteiger partial charge in [-0.1, -0.05) is 24.3 Å².